The molecule has 0 spiro atoms. The van der Waals surface area contributed by atoms with E-state index >= 15 is 0 Å². The SMILES string of the molecule is CCOC(=O)c1sc2ccccc2c1S(=O)(=O)N1CCN(c2cccc(Cl)c2)CC1. The molecule has 1 saturated heterocycles. The lowest BCUT2D eigenvalue weighted by atomic mass is 10.2. The van der Waals surface area contributed by atoms with Crippen LogP contribution in [0.15, 0.2) is 53.4 Å². The van der Waals surface area contributed by atoms with Gasteiger partial charge in [-0.05, 0) is 31.2 Å². The molecule has 0 bridgehead atoms. The fourth-order valence-electron chi connectivity index (χ4n) is 3.60. The molecule has 0 N–H and O–H groups in total. The number of piperazine rings is 1. The normalized spacial score (nSPS) is 15.5. The van der Waals surface area contributed by atoms with Crippen LogP contribution >= 0.6 is 22.9 Å². The average Bonchev–Trinajstić information content (AvgIpc) is 3.15. The van der Waals surface area contributed by atoms with Crippen molar-refractivity contribution in [2.45, 2.75) is 11.8 Å². The van der Waals surface area contributed by atoms with Crippen molar-refractivity contribution < 1.29 is 17.9 Å². The van der Waals surface area contributed by atoms with Crippen molar-refractivity contribution >= 4 is 54.7 Å². The van der Waals surface area contributed by atoms with Gasteiger partial charge in [-0.1, -0.05) is 35.9 Å². The molecular formula is C21H21ClN2O4S2. The van der Waals surface area contributed by atoms with Crippen LogP contribution in [-0.2, 0) is 14.8 Å². The number of hydrogen-bond acceptors (Lipinski definition) is 6. The van der Waals surface area contributed by atoms with Gasteiger partial charge in [0.05, 0.1) is 6.61 Å². The van der Waals surface area contributed by atoms with Gasteiger partial charge in [0.2, 0.25) is 10.0 Å². The monoisotopic (exact) mass is 464 g/mol. The standard InChI is InChI=1S/C21H21ClN2O4S2/c1-2-28-21(25)19-20(17-8-3-4-9-18(17)29-19)30(26,27)24-12-10-23(11-13-24)16-7-5-6-15(22)14-16/h3-9,14H,2,10-13H2,1H3. The molecule has 9 heteroatoms. The Morgan fingerprint density at radius 3 is 2.53 bits per heavy atom. The molecule has 158 valence electrons. The van der Waals surface area contributed by atoms with E-state index in [0.717, 1.165) is 21.7 Å². The lowest BCUT2D eigenvalue weighted by Crippen LogP contribution is -2.48. The number of benzene rings is 2. The number of carbonyl (C=O) groups is 1. The molecule has 4 rings (SSSR count). The Balaban J connectivity index is 1.65. The van der Waals surface area contributed by atoms with Crippen molar-refractivity contribution in [3.8, 4) is 0 Å². The zero-order chi connectivity index (χ0) is 21.3. The average molecular weight is 465 g/mol. The topological polar surface area (TPSA) is 66.9 Å². The van der Waals surface area contributed by atoms with Gasteiger partial charge in [-0.25, -0.2) is 13.2 Å². The smallest absolute Gasteiger partial charge is 0.349 e. The fraction of sp³-hybridized carbons (Fsp3) is 0.286. The zero-order valence-corrected chi connectivity index (χ0v) is 18.8. The Hall–Kier alpha value is -2.13. The lowest BCUT2D eigenvalue weighted by molar-refractivity contribution is 0.0528. The van der Waals surface area contributed by atoms with Crippen molar-refractivity contribution in [3.63, 3.8) is 0 Å². The zero-order valence-electron chi connectivity index (χ0n) is 16.4. The van der Waals surface area contributed by atoms with Gasteiger partial charge in [-0.2, -0.15) is 4.31 Å². The van der Waals surface area contributed by atoms with E-state index in [-0.39, 0.29) is 16.4 Å². The van der Waals surface area contributed by atoms with Crippen LogP contribution in [-0.4, -0.2) is 51.5 Å². The fourth-order valence-corrected chi connectivity index (χ4v) is 6.95. The number of sulfonamides is 1. The maximum atomic E-state index is 13.6. The van der Waals surface area contributed by atoms with Crippen LogP contribution in [0, 0.1) is 0 Å². The molecule has 3 aromatic rings. The second kappa shape index (κ2) is 8.55. The second-order valence-electron chi connectivity index (χ2n) is 6.85. The van der Waals surface area contributed by atoms with Crippen molar-refractivity contribution in [1.29, 1.82) is 0 Å². The maximum absolute atomic E-state index is 13.6. The van der Waals surface area contributed by atoms with E-state index in [0.29, 0.717) is 36.6 Å². The van der Waals surface area contributed by atoms with Crippen LogP contribution in [0.2, 0.25) is 5.02 Å². The molecule has 0 aliphatic carbocycles. The maximum Gasteiger partial charge on any atom is 0.349 e. The Bertz CT molecular complexity index is 1180. The Kier molecular flexibility index (Phi) is 6.02. The van der Waals surface area contributed by atoms with Gasteiger partial charge in [0.25, 0.3) is 0 Å². The van der Waals surface area contributed by atoms with Gasteiger partial charge in [-0.3, -0.25) is 0 Å². The third-order valence-corrected chi connectivity index (χ3v) is 8.52. The highest BCUT2D eigenvalue weighted by Gasteiger charge is 2.35. The molecule has 0 amide bonds. The summed E-state index contributed by atoms with van der Waals surface area (Å²) < 4.78 is 34.5. The molecule has 1 aliphatic heterocycles. The van der Waals surface area contributed by atoms with E-state index < -0.39 is 16.0 Å². The highest BCUT2D eigenvalue weighted by Crippen LogP contribution is 2.37. The van der Waals surface area contributed by atoms with Crippen molar-refractivity contribution in [3.05, 3.63) is 58.4 Å². The Labute approximate surface area is 184 Å². The molecular weight excluding hydrogens is 444 g/mol. The van der Waals surface area contributed by atoms with Crippen LogP contribution in [0.25, 0.3) is 10.1 Å². The number of thiophene rings is 1. The number of fused-ring (bicyclic) bond motifs is 1. The van der Waals surface area contributed by atoms with E-state index in [9.17, 15) is 13.2 Å². The number of anilines is 1. The van der Waals surface area contributed by atoms with Gasteiger partial charge >= 0.3 is 5.97 Å². The summed E-state index contributed by atoms with van der Waals surface area (Å²) in [5.74, 6) is -0.602. The van der Waals surface area contributed by atoms with Gasteiger partial charge in [0.15, 0.2) is 0 Å². The van der Waals surface area contributed by atoms with Crippen LogP contribution in [0.3, 0.4) is 0 Å². The van der Waals surface area contributed by atoms with Crippen LogP contribution in [0.5, 0.6) is 0 Å². The van der Waals surface area contributed by atoms with E-state index in [4.69, 9.17) is 16.3 Å². The minimum absolute atomic E-state index is 0.0535. The summed E-state index contributed by atoms with van der Waals surface area (Å²) in [6, 6.07) is 14.7. The highest BCUT2D eigenvalue weighted by atomic mass is 35.5. The molecule has 0 atom stereocenters. The van der Waals surface area contributed by atoms with E-state index in [1.165, 1.54) is 4.31 Å². The summed E-state index contributed by atoms with van der Waals surface area (Å²) in [5.41, 5.74) is 0.966. The minimum atomic E-state index is -3.86. The first kappa shape index (κ1) is 21.1. The second-order valence-corrected chi connectivity index (χ2v) is 10.2. The first-order valence-corrected chi connectivity index (χ1v) is 12.2. The predicted octanol–water partition coefficient (Wildman–Crippen LogP) is 4.24. The summed E-state index contributed by atoms with van der Waals surface area (Å²) in [6.07, 6.45) is 0. The number of esters is 1. The molecule has 30 heavy (non-hydrogen) atoms. The van der Waals surface area contributed by atoms with Crippen molar-refractivity contribution in [2.75, 3.05) is 37.7 Å². The first-order chi connectivity index (χ1) is 14.4. The molecule has 0 unspecified atom stereocenters. The van der Waals surface area contributed by atoms with Gasteiger partial charge in [-0.15, -0.1) is 11.3 Å². The third kappa shape index (κ3) is 3.92. The summed E-state index contributed by atoms with van der Waals surface area (Å²) in [5, 5.41) is 1.20. The number of hydrogen-bond donors (Lipinski definition) is 0. The van der Waals surface area contributed by atoms with Gasteiger partial charge in [0, 0.05) is 47.0 Å². The number of halogens is 1. The number of nitrogens with zero attached hydrogens (tertiary/aromatic N) is 2. The largest absolute Gasteiger partial charge is 0.462 e. The molecule has 1 aliphatic rings. The molecule has 2 heterocycles. The lowest BCUT2D eigenvalue weighted by Gasteiger charge is -2.35. The molecule has 0 radical (unpaired) electrons. The van der Waals surface area contributed by atoms with Crippen molar-refractivity contribution in [1.82, 2.24) is 4.31 Å². The van der Waals surface area contributed by atoms with E-state index in [1.54, 1.807) is 19.1 Å². The first-order valence-electron chi connectivity index (χ1n) is 9.61. The third-order valence-electron chi connectivity index (χ3n) is 5.02. The molecule has 1 fully saturated rings. The molecule has 0 saturated carbocycles. The Morgan fingerprint density at radius 2 is 1.83 bits per heavy atom. The Morgan fingerprint density at radius 1 is 1.10 bits per heavy atom. The molecule has 1 aromatic heterocycles. The minimum Gasteiger partial charge on any atom is -0.462 e. The number of carbonyl (C=O) groups excluding carboxylic acids is 1. The van der Waals surface area contributed by atoms with Gasteiger partial charge in [0.1, 0.15) is 9.77 Å². The quantitative estimate of drug-likeness (QED) is 0.528. The van der Waals surface area contributed by atoms with Crippen LogP contribution in [0.1, 0.15) is 16.6 Å². The van der Waals surface area contributed by atoms with Crippen LogP contribution in [0.4, 0.5) is 5.69 Å². The number of rotatable bonds is 5. The summed E-state index contributed by atoms with van der Waals surface area (Å²) in [4.78, 5) is 14.8. The summed E-state index contributed by atoms with van der Waals surface area (Å²) >= 11 is 7.24. The number of ether oxygens (including phenoxy) is 1. The summed E-state index contributed by atoms with van der Waals surface area (Å²) in [6.45, 7) is 3.61. The highest BCUT2D eigenvalue weighted by molar-refractivity contribution is 7.89. The summed E-state index contributed by atoms with van der Waals surface area (Å²) in [7, 11) is -3.86. The van der Waals surface area contributed by atoms with Crippen molar-refractivity contribution in [2.24, 2.45) is 0 Å². The predicted molar refractivity (Wildman–Crippen MR) is 120 cm³/mol. The molecule has 6 nitrogen and oxygen atoms in total. The van der Waals surface area contributed by atoms with E-state index in [1.807, 2.05) is 36.4 Å². The van der Waals surface area contributed by atoms with E-state index in [2.05, 4.69) is 4.90 Å². The molecule has 2 aromatic carbocycles. The van der Waals surface area contributed by atoms with Gasteiger partial charge < -0.3 is 9.64 Å². The van der Waals surface area contributed by atoms with Crippen LogP contribution < -0.4 is 4.90 Å².